The second-order valence-electron chi connectivity index (χ2n) is 7.78. The molecule has 1 saturated heterocycles. The number of ether oxygens (including phenoxy) is 2. The molecule has 1 atom stereocenters. The predicted octanol–water partition coefficient (Wildman–Crippen LogP) is 2.21. The summed E-state index contributed by atoms with van der Waals surface area (Å²) in [5, 5.41) is 0. The Morgan fingerprint density at radius 1 is 1.03 bits per heavy atom. The molecule has 2 aromatic rings. The zero-order valence-corrected chi connectivity index (χ0v) is 18.4. The van der Waals surface area contributed by atoms with Crippen LogP contribution in [0.2, 0.25) is 0 Å². The molecular weight excluding hydrogens is 420 g/mol. The Morgan fingerprint density at radius 3 is 2.19 bits per heavy atom. The standard InChI is InChI=1S/C22H24N2O6S/c1-14-13-31(27,28)24(21(14)25)18-6-4-15(5-7-18)22(26)23-9-8-16-10-19(29-2)20(30-3)11-17(16)12-23/h4-7,10-11,14H,8-9,12-13H2,1-3H3/t14-/m1/s1. The maximum Gasteiger partial charge on any atom is 0.254 e. The molecule has 2 heterocycles. The monoisotopic (exact) mass is 444 g/mol. The van der Waals surface area contributed by atoms with Gasteiger partial charge in [-0.25, -0.2) is 12.7 Å². The highest BCUT2D eigenvalue weighted by Crippen LogP contribution is 2.34. The molecule has 0 saturated carbocycles. The molecule has 2 aromatic carbocycles. The molecule has 2 aliphatic rings. The van der Waals surface area contributed by atoms with E-state index in [9.17, 15) is 18.0 Å². The van der Waals surface area contributed by atoms with Crippen LogP contribution in [0, 0.1) is 5.92 Å². The van der Waals surface area contributed by atoms with Gasteiger partial charge in [-0.2, -0.15) is 0 Å². The molecule has 8 nitrogen and oxygen atoms in total. The van der Waals surface area contributed by atoms with Crippen LogP contribution in [0.3, 0.4) is 0 Å². The first kappa shape index (κ1) is 21.2. The molecule has 1 fully saturated rings. The van der Waals surface area contributed by atoms with Gasteiger partial charge in [-0.05, 0) is 53.9 Å². The fourth-order valence-corrected chi connectivity index (χ4v) is 5.89. The fraction of sp³-hybridized carbons (Fsp3) is 0.364. The van der Waals surface area contributed by atoms with Gasteiger partial charge in [0, 0.05) is 18.7 Å². The first-order valence-electron chi connectivity index (χ1n) is 9.95. The van der Waals surface area contributed by atoms with E-state index >= 15 is 0 Å². The maximum atomic E-state index is 13.0. The third-order valence-corrected chi connectivity index (χ3v) is 7.58. The summed E-state index contributed by atoms with van der Waals surface area (Å²) in [6.45, 7) is 2.59. The van der Waals surface area contributed by atoms with Crippen molar-refractivity contribution in [3.63, 3.8) is 0 Å². The normalized spacial score (nSPS) is 19.8. The van der Waals surface area contributed by atoms with Crippen molar-refractivity contribution in [3.05, 3.63) is 53.1 Å². The van der Waals surface area contributed by atoms with Crippen molar-refractivity contribution < 1.29 is 27.5 Å². The number of methoxy groups -OCH3 is 2. The first-order chi connectivity index (χ1) is 14.7. The van der Waals surface area contributed by atoms with Crippen LogP contribution in [0.15, 0.2) is 36.4 Å². The molecule has 0 spiro atoms. The van der Waals surface area contributed by atoms with Crippen LogP contribution >= 0.6 is 0 Å². The average molecular weight is 445 g/mol. The van der Waals surface area contributed by atoms with Gasteiger partial charge in [-0.1, -0.05) is 6.92 Å². The van der Waals surface area contributed by atoms with Gasteiger partial charge >= 0.3 is 0 Å². The lowest BCUT2D eigenvalue weighted by Gasteiger charge is -2.30. The highest BCUT2D eigenvalue weighted by Gasteiger charge is 2.42. The smallest absolute Gasteiger partial charge is 0.254 e. The number of rotatable bonds is 4. The van der Waals surface area contributed by atoms with Crippen LogP contribution in [0.4, 0.5) is 5.69 Å². The average Bonchev–Trinajstić information content (AvgIpc) is 2.98. The van der Waals surface area contributed by atoms with E-state index in [2.05, 4.69) is 0 Å². The highest BCUT2D eigenvalue weighted by molar-refractivity contribution is 7.94. The summed E-state index contributed by atoms with van der Waals surface area (Å²) in [7, 11) is -0.507. The minimum absolute atomic E-state index is 0.157. The van der Waals surface area contributed by atoms with E-state index in [1.807, 2.05) is 12.1 Å². The van der Waals surface area contributed by atoms with Crippen molar-refractivity contribution in [2.75, 3.05) is 30.8 Å². The largest absolute Gasteiger partial charge is 0.493 e. The molecule has 31 heavy (non-hydrogen) atoms. The number of sulfonamides is 1. The van der Waals surface area contributed by atoms with Gasteiger partial charge in [0.2, 0.25) is 15.9 Å². The molecule has 0 radical (unpaired) electrons. The number of fused-ring (bicyclic) bond motifs is 1. The molecule has 0 N–H and O–H groups in total. The zero-order chi connectivity index (χ0) is 22.3. The van der Waals surface area contributed by atoms with E-state index in [0.717, 1.165) is 15.4 Å². The van der Waals surface area contributed by atoms with Gasteiger partial charge in [-0.15, -0.1) is 0 Å². The Morgan fingerprint density at radius 2 is 1.65 bits per heavy atom. The third kappa shape index (κ3) is 3.74. The second-order valence-corrected chi connectivity index (χ2v) is 9.64. The summed E-state index contributed by atoms with van der Waals surface area (Å²) < 4.78 is 36.1. The highest BCUT2D eigenvalue weighted by atomic mass is 32.2. The molecule has 0 aromatic heterocycles. The van der Waals surface area contributed by atoms with Crippen LogP contribution in [0.25, 0.3) is 0 Å². The molecule has 2 amide bonds. The van der Waals surface area contributed by atoms with Crippen molar-refractivity contribution in [2.45, 2.75) is 19.9 Å². The van der Waals surface area contributed by atoms with Gasteiger partial charge < -0.3 is 14.4 Å². The number of carbonyl (C=O) groups excluding carboxylic acids is 2. The molecule has 164 valence electrons. The van der Waals surface area contributed by atoms with Crippen molar-refractivity contribution in [1.29, 1.82) is 0 Å². The fourth-order valence-electron chi connectivity index (χ4n) is 4.07. The van der Waals surface area contributed by atoms with Crippen molar-refractivity contribution >= 4 is 27.5 Å². The number of nitrogens with zero attached hydrogens (tertiary/aromatic N) is 2. The van der Waals surface area contributed by atoms with Crippen LogP contribution in [0.5, 0.6) is 11.5 Å². The Hall–Kier alpha value is -3.07. The van der Waals surface area contributed by atoms with E-state index < -0.39 is 21.8 Å². The minimum atomic E-state index is -3.67. The number of hydrogen-bond donors (Lipinski definition) is 0. The summed E-state index contributed by atoms with van der Waals surface area (Å²) in [5.41, 5.74) is 2.80. The van der Waals surface area contributed by atoms with E-state index in [4.69, 9.17) is 9.47 Å². The Balaban J connectivity index is 1.54. The van der Waals surface area contributed by atoms with Gasteiger partial charge in [0.15, 0.2) is 11.5 Å². The maximum absolute atomic E-state index is 13.0. The van der Waals surface area contributed by atoms with Gasteiger partial charge in [0.25, 0.3) is 5.91 Å². The molecule has 9 heteroatoms. The summed E-state index contributed by atoms with van der Waals surface area (Å²) in [5.74, 6) is -0.0983. The molecule has 0 unspecified atom stereocenters. The summed E-state index contributed by atoms with van der Waals surface area (Å²) in [4.78, 5) is 27.0. The zero-order valence-electron chi connectivity index (χ0n) is 17.6. The molecule has 0 aliphatic carbocycles. The first-order valence-corrected chi connectivity index (χ1v) is 11.6. The van der Waals surface area contributed by atoms with Gasteiger partial charge in [0.05, 0.1) is 31.6 Å². The van der Waals surface area contributed by atoms with Crippen molar-refractivity contribution in [1.82, 2.24) is 4.90 Å². The SMILES string of the molecule is COc1cc2c(cc1OC)CN(C(=O)c1ccc(N3C(=O)[C@H](C)CS3(=O)=O)cc1)CC2. The predicted molar refractivity (Wildman–Crippen MR) is 115 cm³/mol. The number of amides is 2. The lowest BCUT2D eigenvalue weighted by molar-refractivity contribution is -0.119. The molecule has 4 rings (SSSR count). The lowest BCUT2D eigenvalue weighted by Crippen LogP contribution is -2.36. The van der Waals surface area contributed by atoms with Gasteiger partial charge in [0.1, 0.15) is 0 Å². The molecule has 2 aliphatic heterocycles. The van der Waals surface area contributed by atoms with E-state index in [0.29, 0.717) is 36.6 Å². The van der Waals surface area contributed by atoms with E-state index in [-0.39, 0.29) is 17.3 Å². The van der Waals surface area contributed by atoms with Crippen molar-refractivity contribution in [2.24, 2.45) is 5.92 Å². The second kappa shape index (κ2) is 7.88. The van der Waals surface area contributed by atoms with Crippen LogP contribution in [-0.4, -0.2) is 51.6 Å². The van der Waals surface area contributed by atoms with Crippen molar-refractivity contribution in [3.8, 4) is 11.5 Å². The molecular formula is C22H24N2O6S. The Kier molecular flexibility index (Phi) is 5.38. The van der Waals surface area contributed by atoms with Crippen LogP contribution in [0.1, 0.15) is 28.4 Å². The topological polar surface area (TPSA) is 93.2 Å². The summed E-state index contributed by atoms with van der Waals surface area (Å²) in [6, 6.07) is 9.97. The van der Waals surface area contributed by atoms with Crippen LogP contribution < -0.4 is 13.8 Å². The number of benzene rings is 2. The van der Waals surface area contributed by atoms with E-state index in [1.165, 1.54) is 12.1 Å². The summed E-state index contributed by atoms with van der Waals surface area (Å²) >= 11 is 0. The Bertz CT molecular complexity index is 1140. The van der Waals surface area contributed by atoms with Gasteiger partial charge in [-0.3, -0.25) is 9.59 Å². The Labute approximate surface area is 181 Å². The summed E-state index contributed by atoms with van der Waals surface area (Å²) in [6.07, 6.45) is 0.692. The van der Waals surface area contributed by atoms with E-state index in [1.54, 1.807) is 38.2 Å². The lowest BCUT2D eigenvalue weighted by atomic mass is 9.98. The molecule has 0 bridgehead atoms. The number of hydrogen-bond acceptors (Lipinski definition) is 6. The quantitative estimate of drug-likeness (QED) is 0.718. The van der Waals surface area contributed by atoms with Crippen LogP contribution in [-0.2, 0) is 27.8 Å². The number of anilines is 1. The third-order valence-electron chi connectivity index (χ3n) is 5.71. The minimum Gasteiger partial charge on any atom is -0.493 e. The number of carbonyl (C=O) groups is 2.